The molecule has 2 fully saturated rings. The van der Waals surface area contributed by atoms with Crippen molar-refractivity contribution >= 4 is 39.5 Å². The van der Waals surface area contributed by atoms with E-state index in [1.807, 2.05) is 77.0 Å². The van der Waals surface area contributed by atoms with Crippen LogP contribution >= 0.6 is 27.7 Å². The molecule has 1 spiro atoms. The van der Waals surface area contributed by atoms with E-state index in [1.54, 1.807) is 0 Å². The van der Waals surface area contributed by atoms with Crippen LogP contribution in [0.15, 0.2) is 53.0 Å². The van der Waals surface area contributed by atoms with E-state index in [0.29, 0.717) is 13.1 Å². The molecule has 0 unspecified atom stereocenters. The molecule has 0 aromatic heterocycles. The molecule has 0 bridgehead atoms. The van der Waals surface area contributed by atoms with Gasteiger partial charge in [0.1, 0.15) is 0 Å². The topological polar surface area (TPSA) is 40.6 Å². The van der Waals surface area contributed by atoms with Crippen molar-refractivity contribution in [2.45, 2.75) is 24.6 Å². The monoisotopic (exact) mass is 458 g/mol. The molecule has 2 aliphatic heterocycles. The molecule has 2 aromatic rings. The Morgan fingerprint density at radius 2 is 1.64 bits per heavy atom. The lowest BCUT2D eigenvalue weighted by molar-refractivity contribution is 0.0497. The van der Waals surface area contributed by atoms with Crippen molar-refractivity contribution in [2.24, 2.45) is 0 Å². The average molecular weight is 459 g/mol. The minimum Gasteiger partial charge on any atom is -0.338 e. The molecule has 0 atom stereocenters. The van der Waals surface area contributed by atoms with Crippen LogP contribution in [0.4, 0.5) is 0 Å². The number of nitrogens with zero attached hydrogens (tertiary/aromatic N) is 2. The predicted octanol–water partition coefficient (Wildman–Crippen LogP) is 4.58. The fraction of sp³-hybridized carbons (Fsp3) is 0.364. The summed E-state index contributed by atoms with van der Waals surface area (Å²) in [6.07, 6.45) is 1.63. The Hall–Kier alpha value is -1.79. The van der Waals surface area contributed by atoms with Crippen LogP contribution < -0.4 is 0 Å². The van der Waals surface area contributed by atoms with Crippen LogP contribution in [-0.4, -0.2) is 51.9 Å². The number of rotatable bonds is 2. The Morgan fingerprint density at radius 1 is 0.964 bits per heavy atom. The second kappa shape index (κ2) is 7.91. The maximum atomic E-state index is 13.1. The lowest BCUT2D eigenvalue weighted by Crippen LogP contribution is -2.53. The minimum atomic E-state index is -0.188. The number of hydrogen-bond acceptors (Lipinski definition) is 3. The second-order valence-corrected chi connectivity index (χ2v) is 9.74. The first-order valence-corrected chi connectivity index (χ1v) is 11.3. The zero-order chi connectivity index (χ0) is 19.7. The van der Waals surface area contributed by atoms with Crippen LogP contribution in [0, 0.1) is 6.92 Å². The van der Waals surface area contributed by atoms with Crippen molar-refractivity contribution in [3.63, 3.8) is 0 Å². The molecule has 4 rings (SSSR count). The van der Waals surface area contributed by atoms with E-state index in [2.05, 4.69) is 15.9 Å². The maximum absolute atomic E-state index is 13.1. The quantitative estimate of drug-likeness (QED) is 0.660. The Balaban J connectivity index is 1.48. The molecule has 0 radical (unpaired) electrons. The molecular formula is C22H23BrN2O2S. The van der Waals surface area contributed by atoms with Crippen LogP contribution in [-0.2, 0) is 0 Å². The Labute approximate surface area is 178 Å². The van der Waals surface area contributed by atoms with Gasteiger partial charge in [-0.3, -0.25) is 9.59 Å². The van der Waals surface area contributed by atoms with Crippen molar-refractivity contribution in [2.75, 3.05) is 25.4 Å². The van der Waals surface area contributed by atoms with Gasteiger partial charge >= 0.3 is 0 Å². The van der Waals surface area contributed by atoms with E-state index < -0.39 is 0 Å². The van der Waals surface area contributed by atoms with Gasteiger partial charge in [0.25, 0.3) is 11.8 Å². The SMILES string of the molecule is Cc1ccccc1C(=O)N1CCC2(CC1)SCCN2C(=O)c1ccc(Br)cc1. The summed E-state index contributed by atoms with van der Waals surface area (Å²) in [5.74, 6) is 1.14. The number of carbonyl (C=O) groups is 2. The van der Waals surface area contributed by atoms with Gasteiger partial charge in [-0.1, -0.05) is 34.1 Å². The molecule has 4 nitrogen and oxygen atoms in total. The van der Waals surface area contributed by atoms with Crippen molar-refractivity contribution < 1.29 is 9.59 Å². The van der Waals surface area contributed by atoms with Crippen LogP contribution in [0.2, 0.25) is 0 Å². The first-order chi connectivity index (χ1) is 13.5. The predicted molar refractivity (Wildman–Crippen MR) is 117 cm³/mol. The van der Waals surface area contributed by atoms with Gasteiger partial charge in [-0.15, -0.1) is 11.8 Å². The lowest BCUT2D eigenvalue weighted by Gasteiger charge is -2.44. The largest absolute Gasteiger partial charge is 0.338 e. The van der Waals surface area contributed by atoms with E-state index in [-0.39, 0.29) is 16.7 Å². The summed E-state index contributed by atoms with van der Waals surface area (Å²) < 4.78 is 0.970. The second-order valence-electron chi connectivity index (χ2n) is 7.37. The van der Waals surface area contributed by atoms with Crippen LogP contribution in [0.25, 0.3) is 0 Å². The molecule has 2 amide bonds. The lowest BCUT2D eigenvalue weighted by atomic mass is 9.99. The van der Waals surface area contributed by atoms with Gasteiger partial charge in [0, 0.05) is 41.0 Å². The van der Waals surface area contributed by atoms with Gasteiger partial charge in [0.2, 0.25) is 0 Å². The van der Waals surface area contributed by atoms with Crippen molar-refractivity contribution in [3.05, 3.63) is 69.7 Å². The van der Waals surface area contributed by atoms with E-state index in [1.165, 1.54) is 0 Å². The first-order valence-electron chi connectivity index (χ1n) is 9.57. The molecule has 146 valence electrons. The number of hydrogen-bond donors (Lipinski definition) is 0. The van der Waals surface area contributed by atoms with Gasteiger partial charge in [0.15, 0.2) is 0 Å². The molecule has 2 heterocycles. The summed E-state index contributed by atoms with van der Waals surface area (Å²) in [7, 11) is 0. The molecule has 2 aromatic carbocycles. The molecule has 2 saturated heterocycles. The van der Waals surface area contributed by atoms with Crippen molar-refractivity contribution in [1.82, 2.24) is 9.80 Å². The number of carbonyl (C=O) groups excluding carboxylic acids is 2. The molecule has 0 N–H and O–H groups in total. The third-order valence-corrected chi connectivity index (χ3v) is 7.80. The number of amides is 2. The van der Waals surface area contributed by atoms with Crippen LogP contribution in [0.5, 0.6) is 0 Å². The third-order valence-electron chi connectivity index (χ3n) is 5.72. The van der Waals surface area contributed by atoms with Crippen LogP contribution in [0.3, 0.4) is 0 Å². The van der Waals surface area contributed by atoms with Gasteiger partial charge < -0.3 is 9.80 Å². The number of likely N-dealkylation sites (tertiary alicyclic amines) is 1. The first kappa shape index (κ1) is 19.5. The number of thioether (sulfide) groups is 1. The molecule has 0 saturated carbocycles. The fourth-order valence-electron chi connectivity index (χ4n) is 4.10. The van der Waals surface area contributed by atoms with E-state index in [4.69, 9.17) is 0 Å². The molecular weight excluding hydrogens is 436 g/mol. The van der Waals surface area contributed by atoms with E-state index in [9.17, 15) is 9.59 Å². The Kier molecular flexibility index (Phi) is 5.52. The zero-order valence-corrected chi connectivity index (χ0v) is 18.3. The Bertz CT molecular complexity index is 892. The molecule has 2 aliphatic rings. The fourth-order valence-corrected chi connectivity index (χ4v) is 5.82. The normalized spacial score (nSPS) is 18.5. The number of piperidine rings is 1. The summed E-state index contributed by atoms with van der Waals surface area (Å²) in [6.45, 7) is 4.12. The number of aryl methyl sites for hydroxylation is 1. The van der Waals surface area contributed by atoms with Gasteiger partial charge in [-0.05, 0) is 55.7 Å². The van der Waals surface area contributed by atoms with Crippen LogP contribution in [0.1, 0.15) is 39.1 Å². The van der Waals surface area contributed by atoms with Gasteiger partial charge in [-0.25, -0.2) is 0 Å². The third kappa shape index (κ3) is 3.60. The van der Waals surface area contributed by atoms with Gasteiger partial charge in [-0.2, -0.15) is 0 Å². The minimum absolute atomic E-state index is 0.0937. The highest BCUT2D eigenvalue weighted by Crippen LogP contribution is 2.44. The molecule has 0 aliphatic carbocycles. The Morgan fingerprint density at radius 3 is 2.32 bits per heavy atom. The van der Waals surface area contributed by atoms with Crippen molar-refractivity contribution in [1.29, 1.82) is 0 Å². The number of benzene rings is 2. The summed E-state index contributed by atoms with van der Waals surface area (Å²) >= 11 is 5.30. The van der Waals surface area contributed by atoms with E-state index >= 15 is 0 Å². The average Bonchev–Trinajstić information content (AvgIpc) is 3.11. The molecule has 28 heavy (non-hydrogen) atoms. The molecule has 6 heteroatoms. The summed E-state index contributed by atoms with van der Waals surface area (Å²) in [4.78, 5) is 29.8. The summed E-state index contributed by atoms with van der Waals surface area (Å²) in [6, 6.07) is 15.3. The highest BCUT2D eigenvalue weighted by molar-refractivity contribution is 9.10. The smallest absolute Gasteiger partial charge is 0.254 e. The number of halogens is 1. The highest BCUT2D eigenvalue weighted by Gasteiger charge is 2.47. The maximum Gasteiger partial charge on any atom is 0.254 e. The highest BCUT2D eigenvalue weighted by atomic mass is 79.9. The standard InChI is InChI=1S/C22H23BrN2O2S/c1-16-4-2-3-5-19(16)21(27)24-12-10-22(11-13-24)25(14-15-28-22)20(26)17-6-8-18(23)9-7-17/h2-9H,10-15H2,1H3. The summed E-state index contributed by atoms with van der Waals surface area (Å²) in [5, 5.41) is 0. The zero-order valence-electron chi connectivity index (χ0n) is 15.9. The summed E-state index contributed by atoms with van der Waals surface area (Å²) in [5.41, 5.74) is 2.51. The van der Waals surface area contributed by atoms with E-state index in [0.717, 1.165) is 46.3 Å². The van der Waals surface area contributed by atoms with Gasteiger partial charge in [0.05, 0.1) is 4.87 Å². The van der Waals surface area contributed by atoms with Crippen molar-refractivity contribution in [3.8, 4) is 0 Å².